The summed E-state index contributed by atoms with van der Waals surface area (Å²) in [4.78, 5) is 2.67. The zero-order chi connectivity index (χ0) is 16.7. The molecule has 4 rings (SSSR count). The maximum atomic E-state index is 3.48. The molecule has 1 N–H and O–H groups in total. The lowest BCUT2D eigenvalue weighted by Gasteiger charge is -2.42. The number of nitrogens with zero attached hydrogens (tertiary/aromatic N) is 1. The first-order valence-electron chi connectivity index (χ1n) is 9.20. The Kier molecular flexibility index (Phi) is 6.79. The van der Waals surface area contributed by atoms with Gasteiger partial charge >= 0.3 is 0 Å². The summed E-state index contributed by atoms with van der Waals surface area (Å²) in [6.45, 7) is 11.6. The van der Waals surface area contributed by atoms with Crippen molar-refractivity contribution in [2.75, 3.05) is 26.2 Å². The second kappa shape index (κ2) is 8.31. The van der Waals surface area contributed by atoms with Crippen LogP contribution in [0.3, 0.4) is 0 Å². The second-order valence-corrected chi connectivity index (χ2v) is 8.31. The van der Waals surface area contributed by atoms with Crippen molar-refractivity contribution >= 4 is 24.8 Å². The summed E-state index contributed by atoms with van der Waals surface area (Å²) in [7, 11) is 0. The van der Waals surface area contributed by atoms with E-state index in [1.54, 1.807) is 0 Å². The normalized spacial score (nSPS) is 17.5. The van der Waals surface area contributed by atoms with Gasteiger partial charge in [0.2, 0.25) is 0 Å². The van der Waals surface area contributed by atoms with Gasteiger partial charge in [0.1, 0.15) is 0 Å². The summed E-state index contributed by atoms with van der Waals surface area (Å²) in [5.74, 6) is 0. The molecule has 1 saturated heterocycles. The highest BCUT2D eigenvalue weighted by Gasteiger charge is 2.33. The number of rotatable bonds is 2. The van der Waals surface area contributed by atoms with Gasteiger partial charge in [-0.25, -0.2) is 0 Å². The Hall–Kier alpha value is -1.06. The van der Waals surface area contributed by atoms with Gasteiger partial charge in [-0.05, 0) is 39.7 Å². The first kappa shape index (κ1) is 21.2. The quantitative estimate of drug-likeness (QED) is 0.652. The molecule has 2 aromatic rings. The summed E-state index contributed by atoms with van der Waals surface area (Å²) < 4.78 is 0. The van der Waals surface area contributed by atoms with E-state index >= 15 is 0 Å². The molecule has 2 nitrogen and oxygen atoms in total. The largest absolute Gasteiger partial charge is 0.314 e. The fraction of sp³-hybridized carbons (Fsp3) is 0.455. The van der Waals surface area contributed by atoms with E-state index < -0.39 is 0 Å². The Morgan fingerprint density at radius 1 is 0.885 bits per heavy atom. The summed E-state index contributed by atoms with van der Waals surface area (Å²) in [5, 5.41) is 3.48. The zero-order valence-corrected chi connectivity index (χ0v) is 17.6. The molecule has 0 unspecified atom stereocenters. The molecule has 1 fully saturated rings. The average Bonchev–Trinajstić information content (AvgIpc) is 2.92. The first-order chi connectivity index (χ1) is 11.5. The highest BCUT2D eigenvalue weighted by atomic mass is 35.5. The van der Waals surface area contributed by atoms with Crippen molar-refractivity contribution in [1.29, 1.82) is 0 Å². The van der Waals surface area contributed by atoms with Crippen LogP contribution in [-0.2, 0) is 6.42 Å². The number of halogens is 2. The molecule has 0 amide bonds. The lowest BCUT2D eigenvalue weighted by atomic mass is 9.80. The van der Waals surface area contributed by atoms with Crippen LogP contribution in [0.1, 0.15) is 43.5 Å². The second-order valence-electron chi connectivity index (χ2n) is 8.31. The molecular formula is C22H30Cl2N2. The van der Waals surface area contributed by atoms with Gasteiger partial charge in [-0.1, -0.05) is 63.2 Å². The van der Waals surface area contributed by atoms with Crippen LogP contribution in [-0.4, -0.2) is 31.1 Å². The highest BCUT2D eigenvalue weighted by molar-refractivity contribution is 5.85. The smallest absolute Gasteiger partial charge is 0.0397 e. The molecule has 26 heavy (non-hydrogen) atoms. The number of hydrogen-bond donors (Lipinski definition) is 1. The van der Waals surface area contributed by atoms with E-state index in [0.717, 1.165) is 32.6 Å². The highest BCUT2D eigenvalue weighted by Crippen LogP contribution is 2.42. The van der Waals surface area contributed by atoms with Crippen molar-refractivity contribution in [1.82, 2.24) is 10.2 Å². The molecule has 0 bridgehead atoms. The molecule has 0 spiro atoms. The van der Waals surface area contributed by atoms with Crippen LogP contribution in [0.5, 0.6) is 0 Å². The Bertz CT molecular complexity index is 746. The monoisotopic (exact) mass is 392 g/mol. The maximum Gasteiger partial charge on any atom is 0.0397 e. The molecule has 0 radical (unpaired) electrons. The van der Waals surface area contributed by atoms with Crippen LogP contribution in [0.15, 0.2) is 42.5 Å². The third-order valence-electron chi connectivity index (χ3n) is 5.47. The van der Waals surface area contributed by atoms with Gasteiger partial charge < -0.3 is 5.32 Å². The minimum absolute atomic E-state index is 0. The topological polar surface area (TPSA) is 15.3 Å². The molecule has 0 saturated carbocycles. The van der Waals surface area contributed by atoms with Gasteiger partial charge in [-0.15, -0.1) is 24.8 Å². The predicted octanol–water partition coefficient (Wildman–Crippen LogP) is 5.09. The van der Waals surface area contributed by atoms with E-state index in [2.05, 4.69) is 73.5 Å². The standard InChI is InChI=1S/C22H28N2.2ClH/c1-22(2,3)21(24-12-10-23-11-13-24)17-8-9-20-18(15-17)14-16-6-4-5-7-19(16)20;;/h4-9,15,21,23H,10-14H2,1-3H3;2*1H/t21-;;/m0../s1. The van der Waals surface area contributed by atoms with Crippen LogP contribution in [0.25, 0.3) is 11.1 Å². The van der Waals surface area contributed by atoms with Gasteiger partial charge in [0.05, 0.1) is 0 Å². The van der Waals surface area contributed by atoms with Crippen molar-refractivity contribution in [3.05, 3.63) is 59.2 Å². The molecule has 4 heteroatoms. The molecular weight excluding hydrogens is 363 g/mol. The third-order valence-corrected chi connectivity index (χ3v) is 5.47. The van der Waals surface area contributed by atoms with Crippen LogP contribution in [0.4, 0.5) is 0 Å². The molecule has 1 atom stereocenters. The molecule has 1 aliphatic heterocycles. The third kappa shape index (κ3) is 3.94. The summed E-state index contributed by atoms with van der Waals surface area (Å²) in [6.07, 6.45) is 1.08. The molecule has 1 heterocycles. The SMILES string of the molecule is CC(C)(C)[C@H](c1ccc2c(c1)Cc1ccccc1-2)N1CCNCC1.Cl.Cl. The minimum Gasteiger partial charge on any atom is -0.314 e. The number of nitrogens with one attached hydrogen (secondary N) is 1. The number of piperazine rings is 1. The van der Waals surface area contributed by atoms with E-state index in [1.807, 2.05) is 0 Å². The van der Waals surface area contributed by atoms with Gasteiger partial charge in [0.25, 0.3) is 0 Å². The Labute approximate surface area is 170 Å². The van der Waals surface area contributed by atoms with Crippen LogP contribution in [0, 0.1) is 5.41 Å². The Morgan fingerprint density at radius 3 is 2.23 bits per heavy atom. The maximum absolute atomic E-state index is 3.48. The van der Waals surface area contributed by atoms with Crippen molar-refractivity contribution in [3.8, 4) is 11.1 Å². The lowest BCUT2D eigenvalue weighted by Crippen LogP contribution is -2.48. The zero-order valence-electron chi connectivity index (χ0n) is 15.9. The fourth-order valence-corrected chi connectivity index (χ4v) is 4.53. The van der Waals surface area contributed by atoms with Gasteiger partial charge in [0.15, 0.2) is 0 Å². The fourth-order valence-electron chi connectivity index (χ4n) is 4.53. The molecule has 1 aliphatic carbocycles. The van der Waals surface area contributed by atoms with Crippen molar-refractivity contribution in [2.24, 2.45) is 5.41 Å². The van der Waals surface area contributed by atoms with Gasteiger partial charge in [-0.3, -0.25) is 4.90 Å². The van der Waals surface area contributed by atoms with Crippen LogP contribution < -0.4 is 5.32 Å². The van der Waals surface area contributed by atoms with E-state index in [4.69, 9.17) is 0 Å². The summed E-state index contributed by atoms with van der Waals surface area (Å²) in [5.41, 5.74) is 7.54. The van der Waals surface area contributed by atoms with Crippen LogP contribution in [0.2, 0.25) is 0 Å². The van der Waals surface area contributed by atoms with E-state index in [-0.39, 0.29) is 30.2 Å². The van der Waals surface area contributed by atoms with Gasteiger partial charge in [0, 0.05) is 32.2 Å². The Balaban J connectivity index is 0.00000121. The lowest BCUT2D eigenvalue weighted by molar-refractivity contribution is 0.0862. The van der Waals surface area contributed by atoms with E-state index in [0.29, 0.717) is 6.04 Å². The van der Waals surface area contributed by atoms with Gasteiger partial charge in [-0.2, -0.15) is 0 Å². The van der Waals surface area contributed by atoms with Crippen molar-refractivity contribution in [2.45, 2.75) is 33.2 Å². The molecule has 0 aromatic heterocycles. The Morgan fingerprint density at radius 2 is 1.54 bits per heavy atom. The number of fused-ring (bicyclic) bond motifs is 3. The number of hydrogen-bond acceptors (Lipinski definition) is 2. The molecule has 2 aromatic carbocycles. The van der Waals surface area contributed by atoms with Crippen molar-refractivity contribution < 1.29 is 0 Å². The van der Waals surface area contributed by atoms with E-state index in [9.17, 15) is 0 Å². The summed E-state index contributed by atoms with van der Waals surface area (Å²) in [6, 6.07) is 16.5. The van der Waals surface area contributed by atoms with Crippen LogP contribution >= 0.6 is 24.8 Å². The minimum atomic E-state index is 0. The van der Waals surface area contributed by atoms with Crippen molar-refractivity contribution in [3.63, 3.8) is 0 Å². The molecule has 2 aliphatic rings. The predicted molar refractivity (Wildman–Crippen MR) is 116 cm³/mol. The first-order valence-corrected chi connectivity index (χ1v) is 9.20. The number of benzene rings is 2. The molecule has 142 valence electrons. The van der Waals surface area contributed by atoms with E-state index in [1.165, 1.54) is 27.8 Å². The average molecular weight is 393 g/mol. The summed E-state index contributed by atoms with van der Waals surface area (Å²) >= 11 is 0.